The third-order valence-electron chi connectivity index (χ3n) is 3.19. The van der Waals surface area contributed by atoms with Crippen LogP contribution in [-0.2, 0) is 12.8 Å². The number of aryl methyl sites for hydroxylation is 1. The molecule has 0 radical (unpaired) electrons. The van der Waals surface area contributed by atoms with Crippen molar-refractivity contribution in [3.8, 4) is 16.9 Å². The summed E-state index contributed by atoms with van der Waals surface area (Å²) in [5.74, 6) is 0.469. The lowest BCUT2D eigenvalue weighted by molar-refractivity contribution is 0.463. The van der Waals surface area contributed by atoms with Gasteiger partial charge in [0.15, 0.2) is 0 Å². The molecule has 0 aliphatic rings. The lowest BCUT2D eigenvalue weighted by Gasteiger charge is -2.13. The van der Waals surface area contributed by atoms with Crippen LogP contribution in [0.1, 0.15) is 25.0 Å². The van der Waals surface area contributed by atoms with Gasteiger partial charge in [0.25, 0.3) is 0 Å². The van der Waals surface area contributed by atoms with E-state index in [-0.39, 0.29) is 0 Å². The van der Waals surface area contributed by atoms with Gasteiger partial charge in [0.2, 0.25) is 0 Å². The van der Waals surface area contributed by atoms with Crippen molar-refractivity contribution in [2.24, 2.45) is 0 Å². The number of hydrogen-bond acceptors (Lipinski definition) is 1. The molecule has 1 nitrogen and oxygen atoms in total. The minimum Gasteiger partial charge on any atom is -0.507 e. The van der Waals surface area contributed by atoms with Gasteiger partial charge in [0.1, 0.15) is 5.75 Å². The molecule has 2 aromatic carbocycles. The molecule has 0 aromatic heterocycles. The summed E-state index contributed by atoms with van der Waals surface area (Å²) in [6.07, 6.45) is 1.72. The van der Waals surface area contributed by atoms with Crippen LogP contribution in [0.4, 0.5) is 0 Å². The molecule has 0 saturated carbocycles. The summed E-state index contributed by atoms with van der Waals surface area (Å²) in [5, 5.41) is 10.2. The van der Waals surface area contributed by atoms with E-state index in [4.69, 9.17) is 0 Å². The highest BCUT2D eigenvalue weighted by atomic mass is 16.3. The number of rotatable bonds is 3. The molecule has 0 spiro atoms. The molecule has 0 heterocycles. The molecule has 0 aliphatic carbocycles. The average molecular weight is 226 g/mol. The molecule has 17 heavy (non-hydrogen) atoms. The van der Waals surface area contributed by atoms with Gasteiger partial charge in [-0.1, -0.05) is 56.3 Å². The Morgan fingerprint density at radius 2 is 1.59 bits per heavy atom. The fourth-order valence-corrected chi connectivity index (χ4v) is 2.22. The SMILES string of the molecule is CCc1ccc(-c2ccccc2)c(CC)c1O. The Kier molecular flexibility index (Phi) is 3.48. The predicted octanol–water partition coefficient (Wildman–Crippen LogP) is 4.18. The van der Waals surface area contributed by atoms with E-state index >= 15 is 0 Å². The van der Waals surface area contributed by atoms with Gasteiger partial charge >= 0.3 is 0 Å². The minimum atomic E-state index is 0.469. The van der Waals surface area contributed by atoms with Crippen molar-refractivity contribution in [2.45, 2.75) is 26.7 Å². The zero-order valence-corrected chi connectivity index (χ0v) is 10.4. The fraction of sp³-hybridized carbons (Fsp3) is 0.250. The lowest BCUT2D eigenvalue weighted by Crippen LogP contribution is -1.92. The van der Waals surface area contributed by atoms with Crippen molar-refractivity contribution < 1.29 is 5.11 Å². The van der Waals surface area contributed by atoms with Crippen LogP contribution in [0.3, 0.4) is 0 Å². The molecule has 0 atom stereocenters. The Bertz CT molecular complexity index is 500. The second-order valence-electron chi connectivity index (χ2n) is 4.17. The normalized spacial score (nSPS) is 10.5. The third-order valence-corrected chi connectivity index (χ3v) is 3.19. The highest BCUT2D eigenvalue weighted by Crippen LogP contribution is 2.33. The fourth-order valence-electron chi connectivity index (χ4n) is 2.22. The van der Waals surface area contributed by atoms with Crippen LogP contribution in [0.15, 0.2) is 42.5 Å². The van der Waals surface area contributed by atoms with E-state index < -0.39 is 0 Å². The van der Waals surface area contributed by atoms with Gasteiger partial charge in [-0.15, -0.1) is 0 Å². The Morgan fingerprint density at radius 3 is 2.18 bits per heavy atom. The Morgan fingerprint density at radius 1 is 0.882 bits per heavy atom. The summed E-state index contributed by atoms with van der Waals surface area (Å²) in [5.41, 5.74) is 4.39. The second kappa shape index (κ2) is 5.05. The predicted molar refractivity (Wildman–Crippen MR) is 72.3 cm³/mol. The zero-order valence-electron chi connectivity index (χ0n) is 10.4. The van der Waals surface area contributed by atoms with Crippen LogP contribution in [0, 0.1) is 0 Å². The van der Waals surface area contributed by atoms with Crippen LogP contribution in [0.25, 0.3) is 11.1 Å². The van der Waals surface area contributed by atoms with Crippen molar-refractivity contribution in [1.29, 1.82) is 0 Å². The Labute approximate surface area is 103 Å². The summed E-state index contributed by atoms with van der Waals surface area (Å²) in [6, 6.07) is 14.4. The van der Waals surface area contributed by atoms with Gasteiger partial charge in [0, 0.05) is 5.56 Å². The highest BCUT2D eigenvalue weighted by molar-refractivity contribution is 5.71. The average Bonchev–Trinajstić information content (AvgIpc) is 2.39. The van der Waals surface area contributed by atoms with E-state index in [1.54, 1.807) is 0 Å². The largest absolute Gasteiger partial charge is 0.507 e. The Hall–Kier alpha value is -1.76. The molecule has 2 rings (SSSR count). The molecule has 1 heteroatoms. The van der Waals surface area contributed by atoms with Crippen molar-refractivity contribution in [2.75, 3.05) is 0 Å². The Balaban J connectivity index is 2.59. The van der Waals surface area contributed by atoms with Crippen molar-refractivity contribution in [3.05, 3.63) is 53.6 Å². The molecule has 0 unspecified atom stereocenters. The summed E-state index contributed by atoms with van der Waals surface area (Å²) in [7, 11) is 0. The quantitative estimate of drug-likeness (QED) is 0.832. The van der Waals surface area contributed by atoms with Crippen molar-refractivity contribution in [3.63, 3.8) is 0 Å². The number of aromatic hydroxyl groups is 1. The van der Waals surface area contributed by atoms with Crippen LogP contribution >= 0.6 is 0 Å². The smallest absolute Gasteiger partial charge is 0.122 e. The van der Waals surface area contributed by atoms with Crippen molar-refractivity contribution >= 4 is 0 Å². The van der Waals surface area contributed by atoms with Gasteiger partial charge < -0.3 is 5.11 Å². The van der Waals surface area contributed by atoms with Crippen LogP contribution in [-0.4, -0.2) is 5.11 Å². The van der Waals surface area contributed by atoms with Crippen molar-refractivity contribution in [1.82, 2.24) is 0 Å². The molecular formula is C16H18O. The number of hydrogen-bond donors (Lipinski definition) is 1. The van der Waals surface area contributed by atoms with Gasteiger partial charge in [-0.05, 0) is 29.5 Å². The van der Waals surface area contributed by atoms with Gasteiger partial charge in [0.05, 0.1) is 0 Å². The van der Waals surface area contributed by atoms with Crippen LogP contribution < -0.4 is 0 Å². The summed E-state index contributed by atoms with van der Waals surface area (Å²) >= 11 is 0. The van der Waals surface area contributed by atoms with E-state index in [9.17, 15) is 5.11 Å². The van der Waals surface area contributed by atoms with Gasteiger partial charge in [-0.3, -0.25) is 0 Å². The van der Waals surface area contributed by atoms with E-state index in [2.05, 4.69) is 32.0 Å². The van der Waals surface area contributed by atoms with E-state index in [0.717, 1.165) is 29.5 Å². The highest BCUT2D eigenvalue weighted by Gasteiger charge is 2.11. The first kappa shape index (κ1) is 11.7. The maximum Gasteiger partial charge on any atom is 0.122 e. The van der Waals surface area contributed by atoms with Crippen LogP contribution in [0.5, 0.6) is 5.75 Å². The molecule has 2 aromatic rings. The number of phenols is 1. The second-order valence-corrected chi connectivity index (χ2v) is 4.17. The topological polar surface area (TPSA) is 20.2 Å². The lowest BCUT2D eigenvalue weighted by atomic mass is 9.94. The molecule has 0 aliphatic heterocycles. The summed E-state index contributed by atoms with van der Waals surface area (Å²) in [6.45, 7) is 4.15. The first-order valence-electron chi connectivity index (χ1n) is 6.17. The van der Waals surface area contributed by atoms with E-state index in [1.165, 1.54) is 5.56 Å². The molecular weight excluding hydrogens is 208 g/mol. The molecule has 0 saturated heterocycles. The van der Waals surface area contributed by atoms with Crippen LogP contribution in [0.2, 0.25) is 0 Å². The monoisotopic (exact) mass is 226 g/mol. The number of benzene rings is 2. The zero-order chi connectivity index (χ0) is 12.3. The molecule has 1 N–H and O–H groups in total. The molecule has 0 bridgehead atoms. The first-order valence-corrected chi connectivity index (χ1v) is 6.17. The molecule has 88 valence electrons. The van der Waals surface area contributed by atoms with Gasteiger partial charge in [-0.25, -0.2) is 0 Å². The minimum absolute atomic E-state index is 0.469. The maximum absolute atomic E-state index is 10.2. The summed E-state index contributed by atoms with van der Waals surface area (Å²) in [4.78, 5) is 0. The molecule has 0 fully saturated rings. The standard InChI is InChI=1S/C16H18O/c1-3-12-10-11-15(14(4-2)16(12)17)13-8-6-5-7-9-13/h5-11,17H,3-4H2,1-2H3. The van der Waals surface area contributed by atoms with E-state index in [0.29, 0.717) is 5.75 Å². The third kappa shape index (κ3) is 2.19. The van der Waals surface area contributed by atoms with Gasteiger partial charge in [-0.2, -0.15) is 0 Å². The molecule has 0 amide bonds. The van der Waals surface area contributed by atoms with E-state index in [1.807, 2.05) is 24.3 Å². The maximum atomic E-state index is 10.2. The first-order chi connectivity index (χ1) is 8.27. The number of phenolic OH excluding ortho intramolecular Hbond substituents is 1. The summed E-state index contributed by atoms with van der Waals surface area (Å²) < 4.78 is 0.